The summed E-state index contributed by atoms with van der Waals surface area (Å²) in [7, 11) is -3.81. The highest BCUT2D eigenvalue weighted by molar-refractivity contribution is 7.89. The number of hydrogen-bond acceptors (Lipinski definition) is 3. The molecule has 116 valence electrons. The van der Waals surface area contributed by atoms with E-state index in [1.54, 1.807) is 19.1 Å². The first kappa shape index (κ1) is 16.0. The van der Waals surface area contributed by atoms with Crippen molar-refractivity contribution < 1.29 is 13.2 Å². The predicted octanol–water partition coefficient (Wildman–Crippen LogP) is 1.95. The number of carbonyl (C=O) groups excluding carboxylic acids is 1. The maximum absolute atomic E-state index is 12.3. The summed E-state index contributed by atoms with van der Waals surface area (Å²) < 4.78 is 23.0. The maximum atomic E-state index is 12.3. The lowest BCUT2D eigenvalue weighted by Gasteiger charge is -2.29. The molecule has 0 heterocycles. The molecule has 0 radical (unpaired) electrons. The topological polar surface area (TPSA) is 89.3 Å². The molecular formula is C15H22N2O3S. The minimum absolute atomic E-state index is 0.00634. The average molecular weight is 310 g/mol. The standard InChI is InChI=1S/C15H22N2O3S/c1-10-5-3-4-6-13(10)17-15(18)12-8-7-11(2)14(9-12)21(16,19)20/h7-10,13H,3-6H2,1-2H3,(H,17,18)(H2,16,19,20)/t10-,13+/m1/s1. The van der Waals surface area contributed by atoms with Crippen LogP contribution in [0.2, 0.25) is 0 Å². The van der Waals surface area contributed by atoms with Gasteiger partial charge in [0.05, 0.1) is 4.90 Å². The molecule has 3 N–H and O–H groups in total. The first-order valence-electron chi connectivity index (χ1n) is 7.23. The zero-order valence-corrected chi connectivity index (χ0v) is 13.2. The van der Waals surface area contributed by atoms with Gasteiger partial charge in [0.25, 0.3) is 5.91 Å². The van der Waals surface area contributed by atoms with Crippen LogP contribution >= 0.6 is 0 Å². The Bertz CT molecular complexity index is 640. The quantitative estimate of drug-likeness (QED) is 0.894. The molecule has 0 aromatic heterocycles. The van der Waals surface area contributed by atoms with Gasteiger partial charge in [-0.2, -0.15) is 0 Å². The molecule has 1 aromatic carbocycles. The van der Waals surface area contributed by atoms with E-state index < -0.39 is 10.0 Å². The van der Waals surface area contributed by atoms with Crippen molar-refractivity contribution in [1.82, 2.24) is 5.32 Å². The van der Waals surface area contributed by atoms with E-state index in [1.165, 1.54) is 12.5 Å². The SMILES string of the molecule is Cc1ccc(C(=O)N[C@H]2CCCC[C@H]2C)cc1S(N)(=O)=O. The highest BCUT2D eigenvalue weighted by Gasteiger charge is 2.24. The first-order valence-corrected chi connectivity index (χ1v) is 8.78. The number of benzene rings is 1. The molecule has 1 aromatic rings. The Morgan fingerprint density at radius 2 is 1.95 bits per heavy atom. The van der Waals surface area contributed by atoms with Crippen molar-refractivity contribution in [3.8, 4) is 0 Å². The highest BCUT2D eigenvalue weighted by Crippen LogP contribution is 2.24. The fourth-order valence-electron chi connectivity index (χ4n) is 2.83. The van der Waals surface area contributed by atoms with Gasteiger partial charge in [-0.25, -0.2) is 13.6 Å². The molecule has 0 aliphatic heterocycles. The van der Waals surface area contributed by atoms with Crippen LogP contribution in [0.15, 0.2) is 23.1 Å². The molecule has 0 saturated heterocycles. The molecule has 0 spiro atoms. The highest BCUT2D eigenvalue weighted by atomic mass is 32.2. The zero-order valence-electron chi connectivity index (χ0n) is 12.4. The van der Waals surface area contributed by atoms with Gasteiger partial charge in [-0.15, -0.1) is 0 Å². The van der Waals surface area contributed by atoms with Crippen molar-refractivity contribution in [2.75, 3.05) is 0 Å². The second kappa shape index (κ2) is 6.15. The van der Waals surface area contributed by atoms with Crippen LogP contribution in [0.4, 0.5) is 0 Å². The number of sulfonamides is 1. The lowest BCUT2D eigenvalue weighted by Crippen LogP contribution is -2.41. The number of nitrogens with two attached hydrogens (primary N) is 1. The molecule has 2 atom stereocenters. The van der Waals surface area contributed by atoms with Gasteiger partial charge in [-0.05, 0) is 43.4 Å². The number of amides is 1. The Morgan fingerprint density at radius 1 is 1.29 bits per heavy atom. The lowest BCUT2D eigenvalue weighted by atomic mass is 9.86. The third kappa shape index (κ3) is 3.83. The van der Waals surface area contributed by atoms with Crippen molar-refractivity contribution in [1.29, 1.82) is 0 Å². The average Bonchev–Trinajstić information content (AvgIpc) is 2.40. The van der Waals surface area contributed by atoms with E-state index in [-0.39, 0.29) is 16.8 Å². The fraction of sp³-hybridized carbons (Fsp3) is 0.533. The number of hydrogen-bond donors (Lipinski definition) is 2. The molecule has 2 rings (SSSR count). The number of primary sulfonamides is 1. The van der Waals surface area contributed by atoms with Crippen LogP contribution < -0.4 is 10.5 Å². The third-order valence-corrected chi connectivity index (χ3v) is 5.24. The van der Waals surface area contributed by atoms with Gasteiger partial charge in [-0.3, -0.25) is 4.79 Å². The van der Waals surface area contributed by atoms with E-state index in [2.05, 4.69) is 12.2 Å². The smallest absolute Gasteiger partial charge is 0.251 e. The summed E-state index contributed by atoms with van der Waals surface area (Å²) in [5.41, 5.74) is 0.877. The minimum Gasteiger partial charge on any atom is -0.349 e. The summed E-state index contributed by atoms with van der Waals surface area (Å²) in [5.74, 6) is 0.213. The molecule has 1 fully saturated rings. The molecule has 5 nitrogen and oxygen atoms in total. The molecule has 0 bridgehead atoms. The molecule has 1 saturated carbocycles. The normalized spacial score (nSPS) is 22.8. The van der Waals surface area contributed by atoms with Gasteiger partial charge in [0, 0.05) is 11.6 Å². The molecule has 1 aliphatic carbocycles. The van der Waals surface area contributed by atoms with Crippen LogP contribution in [0.1, 0.15) is 48.5 Å². The van der Waals surface area contributed by atoms with Crippen molar-refractivity contribution in [2.24, 2.45) is 11.1 Å². The summed E-state index contributed by atoms with van der Waals surface area (Å²) in [6.45, 7) is 3.79. The number of rotatable bonds is 3. The molecule has 1 aliphatic rings. The fourth-order valence-corrected chi connectivity index (χ4v) is 3.64. The second-order valence-electron chi connectivity index (χ2n) is 5.87. The Morgan fingerprint density at radius 3 is 2.57 bits per heavy atom. The van der Waals surface area contributed by atoms with Gasteiger partial charge < -0.3 is 5.32 Å². The molecule has 6 heteroatoms. The van der Waals surface area contributed by atoms with Gasteiger partial charge in [0.1, 0.15) is 0 Å². The van der Waals surface area contributed by atoms with E-state index >= 15 is 0 Å². The molecule has 0 unspecified atom stereocenters. The Hall–Kier alpha value is -1.40. The lowest BCUT2D eigenvalue weighted by molar-refractivity contribution is 0.0910. The summed E-state index contributed by atoms with van der Waals surface area (Å²) in [5, 5.41) is 8.18. The van der Waals surface area contributed by atoms with Crippen molar-refractivity contribution in [3.05, 3.63) is 29.3 Å². The van der Waals surface area contributed by atoms with Crippen molar-refractivity contribution >= 4 is 15.9 Å². The Kier molecular flexibility index (Phi) is 4.68. The summed E-state index contributed by atoms with van der Waals surface area (Å²) in [4.78, 5) is 12.3. The van der Waals surface area contributed by atoms with Crippen LogP contribution in [0, 0.1) is 12.8 Å². The van der Waals surface area contributed by atoms with Crippen molar-refractivity contribution in [2.45, 2.75) is 50.5 Å². The summed E-state index contributed by atoms with van der Waals surface area (Å²) >= 11 is 0. The first-order chi connectivity index (χ1) is 9.79. The Balaban J connectivity index is 2.20. The summed E-state index contributed by atoms with van der Waals surface area (Å²) in [6, 6.07) is 4.75. The largest absolute Gasteiger partial charge is 0.349 e. The van der Waals surface area contributed by atoms with E-state index in [9.17, 15) is 13.2 Å². The van der Waals surface area contributed by atoms with Crippen LogP contribution in [-0.2, 0) is 10.0 Å². The maximum Gasteiger partial charge on any atom is 0.251 e. The van der Waals surface area contributed by atoms with E-state index in [0.29, 0.717) is 17.0 Å². The number of carbonyl (C=O) groups is 1. The molecular weight excluding hydrogens is 288 g/mol. The van der Waals surface area contributed by atoms with Gasteiger partial charge in [0.15, 0.2) is 0 Å². The zero-order chi connectivity index (χ0) is 15.6. The van der Waals surface area contributed by atoms with Crippen LogP contribution in [-0.4, -0.2) is 20.4 Å². The number of aryl methyl sites for hydroxylation is 1. The molecule has 21 heavy (non-hydrogen) atoms. The number of nitrogens with one attached hydrogen (secondary N) is 1. The summed E-state index contributed by atoms with van der Waals surface area (Å²) in [6.07, 6.45) is 4.40. The van der Waals surface area contributed by atoms with E-state index in [0.717, 1.165) is 19.3 Å². The molecule has 1 amide bonds. The third-order valence-electron chi connectivity index (χ3n) is 4.18. The van der Waals surface area contributed by atoms with Gasteiger partial charge in [0.2, 0.25) is 10.0 Å². The van der Waals surface area contributed by atoms with E-state index in [4.69, 9.17) is 5.14 Å². The minimum atomic E-state index is -3.81. The second-order valence-corrected chi connectivity index (χ2v) is 7.40. The van der Waals surface area contributed by atoms with Crippen LogP contribution in [0.25, 0.3) is 0 Å². The monoisotopic (exact) mass is 310 g/mol. The van der Waals surface area contributed by atoms with E-state index in [1.807, 2.05) is 0 Å². The Labute approximate surface area is 126 Å². The van der Waals surface area contributed by atoms with Gasteiger partial charge in [-0.1, -0.05) is 25.8 Å². The predicted molar refractivity (Wildman–Crippen MR) is 81.4 cm³/mol. The van der Waals surface area contributed by atoms with Crippen LogP contribution in [0.5, 0.6) is 0 Å². The van der Waals surface area contributed by atoms with Gasteiger partial charge >= 0.3 is 0 Å². The van der Waals surface area contributed by atoms with Crippen LogP contribution in [0.3, 0.4) is 0 Å². The van der Waals surface area contributed by atoms with Crippen molar-refractivity contribution in [3.63, 3.8) is 0 Å².